The maximum absolute atomic E-state index is 11.6. The predicted molar refractivity (Wildman–Crippen MR) is 59.2 cm³/mol. The first kappa shape index (κ1) is 11.1. The largest absolute Gasteiger partial charge is 0.548 e. The van der Waals surface area contributed by atoms with Crippen LogP contribution in [0.1, 0.15) is 12.5 Å². The minimum Gasteiger partial charge on any atom is -0.142 e. The number of rotatable bonds is 5. The summed E-state index contributed by atoms with van der Waals surface area (Å²) in [4.78, 5) is 0. The molecule has 0 N–H and O–H groups in total. The lowest BCUT2D eigenvalue weighted by atomic mass is 10.1. The maximum Gasteiger partial charge on any atom is 0.548 e. The highest BCUT2D eigenvalue weighted by Gasteiger charge is 2.24. The van der Waals surface area contributed by atoms with Gasteiger partial charge < -0.3 is 0 Å². The Morgan fingerprint density at radius 1 is 1.50 bits per heavy atom. The van der Waals surface area contributed by atoms with Crippen molar-refractivity contribution in [3.05, 3.63) is 42.5 Å². The van der Waals surface area contributed by atoms with Gasteiger partial charge in [0.25, 0.3) is 0 Å². The van der Waals surface area contributed by atoms with Crippen LogP contribution in [-0.4, -0.2) is 6.61 Å². The Morgan fingerprint density at radius 3 is 2.86 bits per heavy atom. The van der Waals surface area contributed by atoms with Gasteiger partial charge in [0.05, 0.1) is 0 Å². The molecule has 0 aromatic heterocycles. The Kier molecular flexibility index (Phi) is 4.51. The Hall–Kier alpha value is -0.980. The molecule has 0 saturated carbocycles. The zero-order chi connectivity index (χ0) is 10.4. The molecular formula is C11H14O2P+. The first-order chi connectivity index (χ1) is 6.79. The molecule has 0 fully saturated rings. The summed E-state index contributed by atoms with van der Waals surface area (Å²) in [5.41, 5.74) is 1.03. The fourth-order valence-corrected chi connectivity index (χ4v) is 2.19. The van der Waals surface area contributed by atoms with E-state index in [-0.39, 0.29) is 0 Å². The predicted octanol–water partition coefficient (Wildman–Crippen LogP) is 2.82. The lowest BCUT2D eigenvalue weighted by molar-refractivity contribution is 0.357. The summed E-state index contributed by atoms with van der Waals surface area (Å²) in [6, 6.07) is 7.59. The van der Waals surface area contributed by atoms with E-state index >= 15 is 0 Å². The van der Waals surface area contributed by atoms with Crippen molar-refractivity contribution in [3.8, 4) is 0 Å². The van der Waals surface area contributed by atoms with E-state index in [0.717, 1.165) is 17.3 Å². The van der Waals surface area contributed by atoms with Crippen LogP contribution in [0.25, 0.3) is 0 Å². The summed E-state index contributed by atoms with van der Waals surface area (Å²) < 4.78 is 16.7. The number of allylic oxidation sites excluding steroid dienone is 1. The monoisotopic (exact) mass is 209 g/mol. The van der Waals surface area contributed by atoms with Crippen molar-refractivity contribution in [2.24, 2.45) is 0 Å². The molecule has 1 aromatic carbocycles. The van der Waals surface area contributed by atoms with Crippen LogP contribution in [0.2, 0.25) is 0 Å². The van der Waals surface area contributed by atoms with Gasteiger partial charge in [-0.25, -0.2) is 0 Å². The van der Waals surface area contributed by atoms with Crippen molar-refractivity contribution in [1.82, 2.24) is 0 Å². The van der Waals surface area contributed by atoms with E-state index in [1.54, 1.807) is 6.08 Å². The van der Waals surface area contributed by atoms with Crippen molar-refractivity contribution < 1.29 is 9.09 Å². The Labute approximate surface area is 85.5 Å². The molecule has 0 spiro atoms. The molecule has 0 aliphatic carbocycles. The Morgan fingerprint density at radius 2 is 2.21 bits per heavy atom. The van der Waals surface area contributed by atoms with E-state index in [9.17, 15) is 4.57 Å². The average molecular weight is 209 g/mol. The quantitative estimate of drug-likeness (QED) is 0.550. The highest BCUT2D eigenvalue weighted by molar-refractivity contribution is 7.48. The molecule has 74 valence electrons. The summed E-state index contributed by atoms with van der Waals surface area (Å²) in [7, 11) is -1.71. The van der Waals surface area contributed by atoms with Crippen molar-refractivity contribution in [2.75, 3.05) is 6.61 Å². The molecule has 1 atom stereocenters. The minimum absolute atomic E-state index is 0.470. The molecule has 2 nitrogen and oxygen atoms in total. The molecule has 0 amide bonds. The third kappa shape index (κ3) is 2.76. The molecule has 1 aromatic rings. The van der Waals surface area contributed by atoms with Crippen LogP contribution in [0, 0.1) is 0 Å². The molecule has 0 saturated heterocycles. The van der Waals surface area contributed by atoms with Crippen LogP contribution in [0.5, 0.6) is 0 Å². The van der Waals surface area contributed by atoms with Crippen LogP contribution in [-0.2, 0) is 15.5 Å². The van der Waals surface area contributed by atoms with Gasteiger partial charge in [-0.1, -0.05) is 24.3 Å². The fourth-order valence-electron chi connectivity index (χ4n) is 1.20. The van der Waals surface area contributed by atoms with Crippen molar-refractivity contribution >= 4 is 13.3 Å². The van der Waals surface area contributed by atoms with Crippen LogP contribution < -0.4 is 5.30 Å². The van der Waals surface area contributed by atoms with Gasteiger partial charge in [-0.3, -0.25) is 0 Å². The normalized spacial score (nSPS) is 11.1. The minimum atomic E-state index is -1.71. The number of benzene rings is 1. The molecule has 1 unspecified atom stereocenters. The summed E-state index contributed by atoms with van der Waals surface area (Å²) in [5, 5.41) is 0.782. The maximum atomic E-state index is 11.6. The van der Waals surface area contributed by atoms with Gasteiger partial charge in [0.1, 0.15) is 6.61 Å². The highest BCUT2D eigenvalue weighted by Crippen LogP contribution is 2.23. The van der Waals surface area contributed by atoms with Gasteiger partial charge in [0.2, 0.25) is 5.30 Å². The summed E-state index contributed by atoms with van der Waals surface area (Å²) >= 11 is 0. The van der Waals surface area contributed by atoms with Gasteiger partial charge in [0, 0.05) is 5.56 Å². The first-order valence-corrected chi connectivity index (χ1v) is 5.76. The van der Waals surface area contributed by atoms with Gasteiger partial charge in [-0.15, -0.1) is 11.1 Å². The topological polar surface area (TPSA) is 26.3 Å². The average Bonchev–Trinajstić information content (AvgIpc) is 2.19. The number of hydrogen-bond acceptors (Lipinski definition) is 2. The smallest absolute Gasteiger partial charge is 0.142 e. The molecule has 14 heavy (non-hydrogen) atoms. The summed E-state index contributed by atoms with van der Waals surface area (Å²) in [6.45, 7) is 5.97. The molecule has 1 rings (SSSR count). The van der Waals surface area contributed by atoms with Crippen LogP contribution in [0.4, 0.5) is 0 Å². The van der Waals surface area contributed by atoms with E-state index in [1.807, 2.05) is 31.2 Å². The third-order valence-electron chi connectivity index (χ3n) is 1.80. The lowest BCUT2D eigenvalue weighted by Gasteiger charge is -1.95. The van der Waals surface area contributed by atoms with Crippen LogP contribution in [0.15, 0.2) is 36.9 Å². The second-order valence-corrected chi connectivity index (χ2v) is 4.05. The second-order valence-electron chi connectivity index (χ2n) is 2.80. The zero-order valence-electron chi connectivity index (χ0n) is 8.27. The Balaban J connectivity index is 2.93. The van der Waals surface area contributed by atoms with E-state index in [2.05, 4.69) is 6.58 Å². The lowest BCUT2D eigenvalue weighted by Crippen LogP contribution is -2.05. The van der Waals surface area contributed by atoms with Gasteiger partial charge >= 0.3 is 8.03 Å². The third-order valence-corrected chi connectivity index (χ3v) is 3.12. The summed E-state index contributed by atoms with van der Waals surface area (Å²) in [5.74, 6) is 0. The fraction of sp³-hybridized carbons (Fsp3) is 0.273. The number of hydrogen-bond donors (Lipinski definition) is 0. The van der Waals surface area contributed by atoms with Gasteiger partial charge in [-0.05, 0) is 24.0 Å². The summed E-state index contributed by atoms with van der Waals surface area (Å²) in [6.07, 6.45) is 2.53. The molecule has 0 bridgehead atoms. The molecule has 0 aliphatic heterocycles. The van der Waals surface area contributed by atoms with Crippen molar-refractivity contribution in [3.63, 3.8) is 0 Å². The molecule has 0 heterocycles. The zero-order valence-corrected chi connectivity index (χ0v) is 9.17. The van der Waals surface area contributed by atoms with Crippen LogP contribution in [0.3, 0.4) is 0 Å². The molecule has 3 heteroatoms. The molecular weight excluding hydrogens is 195 g/mol. The second kappa shape index (κ2) is 5.69. The standard InChI is InChI=1S/C11H14O2P/c1-3-7-10-8-5-6-9-11(10)14(12)13-4-2/h3,5-6,8-9H,1,4,7H2,2H3/q+1. The first-order valence-electron chi connectivity index (χ1n) is 4.58. The Bertz CT molecular complexity index is 334. The van der Waals surface area contributed by atoms with E-state index < -0.39 is 8.03 Å². The van der Waals surface area contributed by atoms with E-state index in [4.69, 9.17) is 4.52 Å². The van der Waals surface area contributed by atoms with Crippen LogP contribution >= 0.6 is 8.03 Å². The van der Waals surface area contributed by atoms with E-state index in [0.29, 0.717) is 6.61 Å². The molecule has 0 aliphatic rings. The van der Waals surface area contributed by atoms with Crippen molar-refractivity contribution in [2.45, 2.75) is 13.3 Å². The van der Waals surface area contributed by atoms with Gasteiger partial charge in [-0.2, -0.15) is 0 Å². The van der Waals surface area contributed by atoms with Gasteiger partial charge in [0.15, 0.2) is 0 Å². The SMILES string of the molecule is C=CCc1ccccc1[P+](=O)OCC. The van der Waals surface area contributed by atoms with Crippen molar-refractivity contribution in [1.29, 1.82) is 0 Å². The molecule has 0 radical (unpaired) electrons. The highest BCUT2D eigenvalue weighted by atomic mass is 31.1. The van der Waals surface area contributed by atoms with E-state index in [1.165, 1.54) is 0 Å².